The summed E-state index contributed by atoms with van der Waals surface area (Å²) in [7, 11) is 0. The van der Waals surface area contributed by atoms with Gasteiger partial charge in [0, 0.05) is 18.4 Å². The molecule has 1 aromatic rings. The molecule has 1 atom stereocenters. The Labute approximate surface area is 140 Å². The highest BCUT2D eigenvalue weighted by atomic mass is 35.5. The van der Waals surface area contributed by atoms with Crippen LogP contribution in [-0.2, 0) is 6.42 Å². The molecule has 1 unspecified atom stereocenters. The Kier molecular flexibility index (Phi) is 8.85. The molecule has 1 aromatic carbocycles. The van der Waals surface area contributed by atoms with Crippen LogP contribution in [0.25, 0.3) is 0 Å². The monoisotopic (exact) mass is 322 g/mol. The third-order valence-corrected chi connectivity index (χ3v) is 3.39. The van der Waals surface area contributed by atoms with Crippen LogP contribution in [0.5, 0.6) is 11.5 Å². The van der Waals surface area contributed by atoms with Crippen molar-refractivity contribution < 1.29 is 9.47 Å². The SMILES string of the molecule is CCC#CC(C)Cc1cc(Cl)c(OCCC)cc1OCCC. The third kappa shape index (κ3) is 6.20. The minimum Gasteiger partial charge on any atom is -0.493 e. The maximum Gasteiger partial charge on any atom is 0.141 e. The number of hydrogen-bond acceptors (Lipinski definition) is 2. The van der Waals surface area contributed by atoms with Gasteiger partial charge in [-0.2, -0.15) is 0 Å². The molecule has 0 heterocycles. The Morgan fingerprint density at radius 3 is 2.27 bits per heavy atom. The van der Waals surface area contributed by atoms with E-state index < -0.39 is 0 Å². The van der Waals surface area contributed by atoms with Gasteiger partial charge >= 0.3 is 0 Å². The summed E-state index contributed by atoms with van der Waals surface area (Å²) in [6.45, 7) is 9.71. The second-order valence-corrected chi connectivity index (χ2v) is 5.77. The van der Waals surface area contributed by atoms with Crippen LogP contribution in [0.15, 0.2) is 12.1 Å². The van der Waals surface area contributed by atoms with Crippen molar-refractivity contribution >= 4 is 11.6 Å². The summed E-state index contributed by atoms with van der Waals surface area (Å²) in [5.41, 5.74) is 1.10. The average molecular weight is 323 g/mol. The van der Waals surface area contributed by atoms with Crippen molar-refractivity contribution in [1.29, 1.82) is 0 Å². The van der Waals surface area contributed by atoms with E-state index >= 15 is 0 Å². The molecule has 0 aliphatic carbocycles. The van der Waals surface area contributed by atoms with Crippen molar-refractivity contribution in [2.45, 2.75) is 53.4 Å². The van der Waals surface area contributed by atoms with Gasteiger partial charge in [-0.1, -0.05) is 45.2 Å². The van der Waals surface area contributed by atoms with Gasteiger partial charge < -0.3 is 9.47 Å². The molecule has 0 aliphatic rings. The van der Waals surface area contributed by atoms with Gasteiger partial charge in [-0.05, 0) is 30.9 Å². The Bertz CT molecular complexity index is 514. The van der Waals surface area contributed by atoms with E-state index in [1.165, 1.54) is 0 Å². The molecule has 0 fully saturated rings. The molecule has 3 heteroatoms. The van der Waals surface area contributed by atoms with Gasteiger partial charge in [-0.3, -0.25) is 0 Å². The molecule has 0 bridgehead atoms. The largest absolute Gasteiger partial charge is 0.493 e. The summed E-state index contributed by atoms with van der Waals surface area (Å²) in [5.74, 6) is 8.23. The quantitative estimate of drug-likeness (QED) is 0.587. The molecule has 1 rings (SSSR count). The lowest BCUT2D eigenvalue weighted by atomic mass is 10.0. The molecule has 0 N–H and O–H groups in total. The van der Waals surface area contributed by atoms with Crippen molar-refractivity contribution in [3.8, 4) is 23.3 Å². The minimum absolute atomic E-state index is 0.280. The van der Waals surface area contributed by atoms with E-state index in [9.17, 15) is 0 Å². The molecule has 0 aliphatic heterocycles. The Morgan fingerprint density at radius 2 is 1.68 bits per heavy atom. The molecular formula is C19H27ClO2. The van der Waals surface area contributed by atoms with E-state index in [0.717, 1.165) is 37.0 Å². The summed E-state index contributed by atoms with van der Waals surface area (Å²) >= 11 is 6.34. The molecule has 0 saturated carbocycles. The molecule has 2 nitrogen and oxygen atoms in total. The first kappa shape index (κ1) is 18.7. The Morgan fingerprint density at radius 1 is 1.05 bits per heavy atom. The standard InChI is InChI=1S/C19H27ClO2/c1-5-8-9-15(4)12-16-13-17(20)19(22-11-7-3)14-18(16)21-10-6-2/h13-15H,5-7,10-12H2,1-4H3. The Balaban J connectivity index is 2.99. The molecule has 0 spiro atoms. The number of rotatable bonds is 8. The van der Waals surface area contributed by atoms with Crippen LogP contribution in [0.3, 0.4) is 0 Å². The van der Waals surface area contributed by atoms with Crippen LogP contribution >= 0.6 is 11.6 Å². The highest BCUT2D eigenvalue weighted by molar-refractivity contribution is 6.32. The maximum atomic E-state index is 6.34. The van der Waals surface area contributed by atoms with Crippen molar-refractivity contribution in [2.24, 2.45) is 5.92 Å². The summed E-state index contributed by atoms with van der Waals surface area (Å²) in [4.78, 5) is 0. The first-order chi connectivity index (χ1) is 10.6. The topological polar surface area (TPSA) is 18.5 Å². The normalized spacial score (nSPS) is 11.5. The van der Waals surface area contributed by atoms with E-state index in [1.54, 1.807) is 0 Å². The molecule has 122 valence electrons. The first-order valence-electron chi connectivity index (χ1n) is 8.18. The maximum absolute atomic E-state index is 6.34. The van der Waals surface area contributed by atoms with Crippen LogP contribution in [-0.4, -0.2) is 13.2 Å². The molecule has 0 amide bonds. The fourth-order valence-corrected chi connectivity index (χ4v) is 2.30. The lowest BCUT2D eigenvalue weighted by molar-refractivity contribution is 0.299. The number of halogens is 1. The zero-order chi connectivity index (χ0) is 16.4. The zero-order valence-corrected chi connectivity index (χ0v) is 14.9. The van der Waals surface area contributed by atoms with Gasteiger partial charge in [0.05, 0.1) is 18.2 Å². The molecular weight excluding hydrogens is 296 g/mol. The lowest BCUT2D eigenvalue weighted by Gasteiger charge is -2.16. The molecule has 22 heavy (non-hydrogen) atoms. The van der Waals surface area contributed by atoms with Crippen molar-refractivity contribution in [3.63, 3.8) is 0 Å². The van der Waals surface area contributed by atoms with Crippen LogP contribution in [0.2, 0.25) is 5.02 Å². The van der Waals surface area contributed by atoms with Crippen LogP contribution in [0.4, 0.5) is 0 Å². The van der Waals surface area contributed by atoms with Crippen molar-refractivity contribution in [1.82, 2.24) is 0 Å². The predicted octanol–water partition coefficient (Wildman–Crippen LogP) is 5.51. The van der Waals surface area contributed by atoms with Crippen molar-refractivity contribution in [3.05, 3.63) is 22.7 Å². The van der Waals surface area contributed by atoms with Gasteiger partial charge in [0.25, 0.3) is 0 Å². The Hall–Kier alpha value is -1.33. The fourth-order valence-electron chi connectivity index (χ4n) is 2.06. The highest BCUT2D eigenvalue weighted by Crippen LogP contribution is 2.34. The van der Waals surface area contributed by atoms with Gasteiger partial charge in [-0.15, -0.1) is 5.92 Å². The summed E-state index contributed by atoms with van der Waals surface area (Å²) in [6.07, 6.45) is 3.64. The van der Waals surface area contributed by atoms with E-state index in [4.69, 9.17) is 21.1 Å². The van der Waals surface area contributed by atoms with Gasteiger partial charge in [0.15, 0.2) is 0 Å². The van der Waals surface area contributed by atoms with Crippen LogP contribution in [0, 0.1) is 17.8 Å². The van der Waals surface area contributed by atoms with Crippen LogP contribution < -0.4 is 9.47 Å². The molecule has 0 radical (unpaired) electrons. The summed E-state index contributed by atoms with van der Waals surface area (Å²) < 4.78 is 11.6. The average Bonchev–Trinajstić information content (AvgIpc) is 2.51. The third-order valence-electron chi connectivity index (χ3n) is 3.09. The summed E-state index contributed by atoms with van der Waals surface area (Å²) in [5, 5.41) is 0.642. The highest BCUT2D eigenvalue weighted by Gasteiger charge is 2.13. The first-order valence-corrected chi connectivity index (χ1v) is 8.56. The van der Waals surface area contributed by atoms with Crippen LogP contribution in [0.1, 0.15) is 52.5 Å². The van der Waals surface area contributed by atoms with E-state index in [-0.39, 0.29) is 5.92 Å². The predicted molar refractivity (Wildman–Crippen MR) is 94.0 cm³/mol. The van der Waals surface area contributed by atoms with Crippen molar-refractivity contribution in [2.75, 3.05) is 13.2 Å². The lowest BCUT2D eigenvalue weighted by Crippen LogP contribution is -2.04. The number of benzene rings is 1. The molecule has 0 aromatic heterocycles. The van der Waals surface area contributed by atoms with Gasteiger partial charge in [0.1, 0.15) is 11.5 Å². The smallest absolute Gasteiger partial charge is 0.141 e. The second-order valence-electron chi connectivity index (χ2n) is 5.37. The number of ether oxygens (including phenoxy) is 2. The fraction of sp³-hybridized carbons (Fsp3) is 0.579. The summed E-state index contributed by atoms with van der Waals surface area (Å²) in [6, 6.07) is 3.88. The van der Waals surface area contributed by atoms with Gasteiger partial charge in [0.2, 0.25) is 0 Å². The number of hydrogen-bond donors (Lipinski definition) is 0. The van der Waals surface area contributed by atoms with E-state index in [2.05, 4.69) is 39.5 Å². The van der Waals surface area contributed by atoms with E-state index in [0.29, 0.717) is 24.0 Å². The second kappa shape index (κ2) is 10.4. The zero-order valence-electron chi connectivity index (χ0n) is 14.2. The minimum atomic E-state index is 0.280. The van der Waals surface area contributed by atoms with E-state index in [1.807, 2.05) is 12.1 Å². The van der Waals surface area contributed by atoms with Gasteiger partial charge in [-0.25, -0.2) is 0 Å². The molecule has 0 saturated heterocycles.